The number of aliphatic hydroxyl groups is 1. The maximum atomic E-state index is 11.9. The fraction of sp³-hybridized carbons (Fsp3) is 0.842. The Morgan fingerprint density at radius 1 is 0.955 bits per heavy atom. The largest absolute Gasteiger partial charge is 0.463 e. The SMILES string of the molecule is CCCCCCCCCC/C=C(\C(=O)OCC)C(O)CCC. The first-order valence-corrected chi connectivity index (χ1v) is 9.22. The van der Waals surface area contributed by atoms with Gasteiger partial charge in [0.2, 0.25) is 0 Å². The van der Waals surface area contributed by atoms with E-state index in [0.717, 1.165) is 19.3 Å². The summed E-state index contributed by atoms with van der Waals surface area (Å²) in [6.07, 6.45) is 13.7. The number of carbonyl (C=O) groups is 1. The van der Waals surface area contributed by atoms with Crippen LogP contribution in [-0.4, -0.2) is 23.8 Å². The van der Waals surface area contributed by atoms with E-state index in [1.807, 2.05) is 13.0 Å². The molecule has 22 heavy (non-hydrogen) atoms. The van der Waals surface area contributed by atoms with E-state index < -0.39 is 6.10 Å². The molecule has 0 saturated carbocycles. The summed E-state index contributed by atoms with van der Waals surface area (Å²) in [6.45, 7) is 6.39. The molecule has 1 unspecified atom stereocenters. The van der Waals surface area contributed by atoms with Crippen LogP contribution >= 0.6 is 0 Å². The number of rotatable bonds is 14. The van der Waals surface area contributed by atoms with Gasteiger partial charge in [0.05, 0.1) is 18.3 Å². The molecule has 3 heteroatoms. The van der Waals surface area contributed by atoms with Crippen molar-refractivity contribution in [2.75, 3.05) is 6.61 Å². The van der Waals surface area contributed by atoms with Crippen LogP contribution in [0, 0.1) is 0 Å². The number of esters is 1. The second-order valence-corrected chi connectivity index (χ2v) is 5.95. The van der Waals surface area contributed by atoms with Gasteiger partial charge in [-0.15, -0.1) is 0 Å². The lowest BCUT2D eigenvalue weighted by Gasteiger charge is -2.13. The third-order valence-corrected chi connectivity index (χ3v) is 3.85. The minimum atomic E-state index is -0.682. The molecule has 3 nitrogen and oxygen atoms in total. The van der Waals surface area contributed by atoms with Crippen molar-refractivity contribution >= 4 is 5.97 Å². The van der Waals surface area contributed by atoms with Gasteiger partial charge in [-0.25, -0.2) is 4.79 Å². The van der Waals surface area contributed by atoms with E-state index in [0.29, 0.717) is 18.6 Å². The van der Waals surface area contributed by atoms with Crippen molar-refractivity contribution in [2.45, 2.75) is 97.5 Å². The van der Waals surface area contributed by atoms with Gasteiger partial charge in [-0.1, -0.05) is 71.3 Å². The lowest BCUT2D eigenvalue weighted by Crippen LogP contribution is -2.20. The molecule has 0 radical (unpaired) electrons. The average molecular weight is 312 g/mol. The predicted molar refractivity (Wildman–Crippen MR) is 92.9 cm³/mol. The van der Waals surface area contributed by atoms with Gasteiger partial charge in [0.15, 0.2) is 0 Å². The molecule has 130 valence electrons. The van der Waals surface area contributed by atoms with Gasteiger partial charge in [0.1, 0.15) is 0 Å². The van der Waals surface area contributed by atoms with Gasteiger partial charge in [-0.2, -0.15) is 0 Å². The van der Waals surface area contributed by atoms with E-state index in [9.17, 15) is 9.90 Å². The molecule has 0 saturated heterocycles. The van der Waals surface area contributed by atoms with E-state index in [2.05, 4.69) is 6.92 Å². The normalized spacial score (nSPS) is 13.2. The van der Waals surface area contributed by atoms with Gasteiger partial charge in [-0.3, -0.25) is 0 Å². The predicted octanol–water partition coefficient (Wildman–Crippen LogP) is 5.17. The molecule has 0 aliphatic rings. The van der Waals surface area contributed by atoms with Crippen LogP contribution in [0.1, 0.15) is 91.4 Å². The summed E-state index contributed by atoms with van der Waals surface area (Å²) in [5.41, 5.74) is 0.451. The molecule has 0 aromatic carbocycles. The first-order valence-electron chi connectivity index (χ1n) is 9.22. The Bertz CT molecular complexity index is 297. The van der Waals surface area contributed by atoms with Crippen molar-refractivity contribution in [2.24, 2.45) is 0 Å². The summed E-state index contributed by atoms with van der Waals surface area (Å²) >= 11 is 0. The Morgan fingerprint density at radius 3 is 2.09 bits per heavy atom. The molecule has 0 aromatic rings. The van der Waals surface area contributed by atoms with E-state index in [1.165, 1.54) is 44.9 Å². The van der Waals surface area contributed by atoms with Crippen molar-refractivity contribution in [1.29, 1.82) is 0 Å². The van der Waals surface area contributed by atoms with Gasteiger partial charge in [0.25, 0.3) is 0 Å². The second-order valence-electron chi connectivity index (χ2n) is 5.95. The van der Waals surface area contributed by atoms with Crippen molar-refractivity contribution in [1.82, 2.24) is 0 Å². The highest BCUT2D eigenvalue weighted by atomic mass is 16.5. The molecule has 0 fully saturated rings. The van der Waals surface area contributed by atoms with Crippen LogP contribution in [0.25, 0.3) is 0 Å². The lowest BCUT2D eigenvalue weighted by molar-refractivity contribution is -0.139. The van der Waals surface area contributed by atoms with Gasteiger partial charge in [0, 0.05) is 0 Å². The summed E-state index contributed by atoms with van der Waals surface area (Å²) in [6, 6.07) is 0. The van der Waals surface area contributed by atoms with Crippen molar-refractivity contribution < 1.29 is 14.6 Å². The highest BCUT2D eigenvalue weighted by molar-refractivity contribution is 5.89. The number of aliphatic hydroxyl groups excluding tert-OH is 1. The molecule has 1 N–H and O–H groups in total. The monoisotopic (exact) mass is 312 g/mol. The highest BCUT2D eigenvalue weighted by Gasteiger charge is 2.18. The molecule has 0 bridgehead atoms. The Kier molecular flexibility index (Phi) is 14.5. The van der Waals surface area contributed by atoms with E-state index >= 15 is 0 Å². The smallest absolute Gasteiger partial charge is 0.336 e. The second kappa shape index (κ2) is 15.1. The molecule has 0 aliphatic carbocycles. The Balaban J connectivity index is 4.01. The quantitative estimate of drug-likeness (QED) is 0.273. The fourth-order valence-electron chi connectivity index (χ4n) is 2.53. The van der Waals surface area contributed by atoms with Crippen molar-refractivity contribution in [3.8, 4) is 0 Å². The zero-order chi connectivity index (χ0) is 16.6. The maximum Gasteiger partial charge on any atom is 0.336 e. The van der Waals surface area contributed by atoms with Crippen LogP contribution in [0.3, 0.4) is 0 Å². The van der Waals surface area contributed by atoms with Crippen molar-refractivity contribution in [3.63, 3.8) is 0 Å². The number of ether oxygens (including phenoxy) is 1. The Hall–Kier alpha value is -0.830. The Labute approximate surface area is 137 Å². The van der Waals surface area contributed by atoms with Crippen LogP contribution in [-0.2, 0) is 9.53 Å². The van der Waals surface area contributed by atoms with Crippen molar-refractivity contribution in [3.05, 3.63) is 11.6 Å². The standard InChI is InChI=1S/C19H36O3/c1-4-7-8-9-10-11-12-13-14-16-17(18(20)15-5-2)19(21)22-6-3/h16,18,20H,4-15H2,1-3H3/b17-16-. The van der Waals surface area contributed by atoms with E-state index in [4.69, 9.17) is 4.74 Å². The summed E-state index contributed by atoms with van der Waals surface area (Å²) in [7, 11) is 0. The van der Waals surface area contributed by atoms with Crippen LogP contribution in [0.4, 0.5) is 0 Å². The first kappa shape index (κ1) is 21.2. The Morgan fingerprint density at radius 2 is 1.55 bits per heavy atom. The molecule has 0 aromatic heterocycles. The molecule has 1 atom stereocenters. The van der Waals surface area contributed by atoms with Gasteiger partial charge < -0.3 is 9.84 Å². The van der Waals surface area contributed by atoms with Crippen LogP contribution in [0.2, 0.25) is 0 Å². The third-order valence-electron chi connectivity index (χ3n) is 3.85. The van der Waals surface area contributed by atoms with Crippen LogP contribution in [0.15, 0.2) is 11.6 Å². The zero-order valence-electron chi connectivity index (χ0n) is 14.9. The molecule has 0 amide bonds. The first-order chi connectivity index (χ1) is 10.7. The van der Waals surface area contributed by atoms with Crippen LogP contribution < -0.4 is 0 Å². The molecule has 0 aliphatic heterocycles. The molecular weight excluding hydrogens is 276 g/mol. The minimum Gasteiger partial charge on any atom is -0.463 e. The van der Waals surface area contributed by atoms with Gasteiger partial charge in [-0.05, 0) is 26.2 Å². The van der Waals surface area contributed by atoms with E-state index in [1.54, 1.807) is 6.92 Å². The molecule has 0 rings (SSSR count). The molecule has 0 spiro atoms. The number of carbonyl (C=O) groups excluding carboxylic acids is 1. The number of hydrogen-bond donors (Lipinski definition) is 1. The number of allylic oxidation sites excluding steroid dienone is 1. The zero-order valence-corrected chi connectivity index (χ0v) is 14.9. The fourth-order valence-corrected chi connectivity index (χ4v) is 2.53. The topological polar surface area (TPSA) is 46.5 Å². The third kappa shape index (κ3) is 10.8. The minimum absolute atomic E-state index is 0.354. The summed E-state index contributed by atoms with van der Waals surface area (Å²) in [4.78, 5) is 11.9. The molecule has 0 heterocycles. The number of hydrogen-bond acceptors (Lipinski definition) is 3. The lowest BCUT2D eigenvalue weighted by atomic mass is 10.0. The van der Waals surface area contributed by atoms with Crippen LogP contribution in [0.5, 0.6) is 0 Å². The van der Waals surface area contributed by atoms with E-state index in [-0.39, 0.29) is 5.97 Å². The number of unbranched alkanes of at least 4 members (excludes halogenated alkanes) is 8. The summed E-state index contributed by atoms with van der Waals surface area (Å²) in [5.74, 6) is -0.358. The maximum absolute atomic E-state index is 11.9. The average Bonchev–Trinajstić information content (AvgIpc) is 2.49. The summed E-state index contributed by atoms with van der Waals surface area (Å²) < 4.78 is 5.04. The highest BCUT2D eigenvalue weighted by Crippen LogP contribution is 2.15. The molecular formula is C19H36O3. The summed E-state index contributed by atoms with van der Waals surface area (Å²) in [5, 5.41) is 10.1. The van der Waals surface area contributed by atoms with Gasteiger partial charge >= 0.3 is 5.97 Å².